The lowest BCUT2D eigenvalue weighted by molar-refractivity contribution is -0.193. The normalized spacial score (nSPS) is 25.3. The number of carbonyl (C=O) groups excluding carboxylic acids is 11. The van der Waals surface area contributed by atoms with Crippen LogP contribution in [0.4, 0.5) is 0 Å². The zero-order valence-corrected chi connectivity index (χ0v) is 41.2. The molecule has 5 radical (unpaired) electrons. The van der Waals surface area contributed by atoms with Crippen molar-refractivity contribution in [3.8, 4) is 0 Å². The Morgan fingerprint density at radius 3 is 1.05 bits per heavy atom. The topological polar surface area (TPSA) is 245 Å². The van der Waals surface area contributed by atoms with Gasteiger partial charge in [-0.15, -0.1) is 0 Å². The van der Waals surface area contributed by atoms with Gasteiger partial charge in [-0.3, -0.25) is 14.4 Å². The van der Waals surface area contributed by atoms with Crippen LogP contribution >= 0.6 is 0 Å². The number of hydrogen-bond donors (Lipinski definition) is 1. The molecule has 383 valence electrons. The molecule has 16 nitrogen and oxygen atoms in total. The lowest BCUT2D eigenvalue weighted by Gasteiger charge is -2.12. The first-order valence-corrected chi connectivity index (χ1v) is 23.4. The van der Waals surface area contributed by atoms with Gasteiger partial charge in [0.15, 0.2) is 17.3 Å². The summed E-state index contributed by atoms with van der Waals surface area (Å²) in [6, 6.07) is 19.4. The molecule has 0 aromatic heterocycles. The fourth-order valence-corrected chi connectivity index (χ4v) is 10.7. The molecule has 2 unspecified atom stereocenters. The molecule has 3 aromatic carbocycles. The number of aryl methyl sites for hydroxylation is 3. The maximum absolute atomic E-state index is 12.3. The predicted molar refractivity (Wildman–Crippen MR) is 268 cm³/mol. The van der Waals surface area contributed by atoms with E-state index in [0.717, 1.165) is 43.7 Å². The SMILES string of the molecule is C.CC1=C[C@@H](O/C=C2/C(=O)C[C@@H]3c4cc(C)ccc4C[C@H]23)OC1=O.CC1=C[C@H](O/C=C2/C(=O)C[C@@H]3c4cc(C)ccc4C[C@H]23)OC1=O.Cc1ccc2c(c1)C1CC(=O)/C(=C/O)C1C2.O=C=O.O=C=O.O=C=O.[B][B][B]. The molecule has 0 spiro atoms. The Balaban J connectivity index is 0.000000221. The van der Waals surface area contributed by atoms with Crippen molar-refractivity contribution < 1.29 is 76.8 Å². The fraction of sp³-hybridized carbons (Fsp3) is 0.357. The molecular weight excluding hydrogens is 961 g/mol. The number of fused-ring (bicyclic) bond motifs is 9. The van der Waals surface area contributed by atoms with Crippen molar-refractivity contribution >= 4 is 70.3 Å². The zero-order valence-electron chi connectivity index (χ0n) is 41.2. The maximum Gasteiger partial charge on any atom is 0.373 e. The van der Waals surface area contributed by atoms with Crippen LogP contribution in [-0.2, 0) is 90.9 Å². The number of ketones is 3. The van der Waals surface area contributed by atoms with Gasteiger partial charge in [0.25, 0.3) is 12.6 Å². The van der Waals surface area contributed by atoms with Crippen LogP contribution in [0.2, 0.25) is 0 Å². The van der Waals surface area contributed by atoms with E-state index in [1.54, 1.807) is 26.0 Å². The van der Waals surface area contributed by atoms with Crippen molar-refractivity contribution in [3.05, 3.63) is 163 Å². The van der Waals surface area contributed by atoms with Gasteiger partial charge in [-0.05, 0) is 105 Å². The Hall–Kier alpha value is -7.96. The van der Waals surface area contributed by atoms with E-state index in [1.165, 1.54) is 62.6 Å². The summed E-state index contributed by atoms with van der Waals surface area (Å²) in [5.74, 6) is 1.06. The molecule has 0 amide bonds. The highest BCUT2D eigenvalue weighted by molar-refractivity contribution is 7.17. The van der Waals surface area contributed by atoms with Crippen molar-refractivity contribution in [1.82, 2.24) is 0 Å². The zero-order chi connectivity index (χ0) is 54.4. The van der Waals surface area contributed by atoms with Gasteiger partial charge >= 0.3 is 30.4 Å². The molecule has 0 bridgehead atoms. The average Bonchev–Trinajstić information content (AvgIpc) is 4.24. The van der Waals surface area contributed by atoms with Gasteiger partial charge in [0.05, 0.1) is 18.8 Å². The lowest BCUT2D eigenvalue weighted by Crippen LogP contribution is -2.11. The first kappa shape index (κ1) is 59.6. The summed E-state index contributed by atoms with van der Waals surface area (Å²) in [6.07, 6.45) is 10.9. The highest BCUT2D eigenvalue weighted by Gasteiger charge is 2.46. The second kappa shape index (κ2) is 27.4. The van der Waals surface area contributed by atoms with Gasteiger partial charge < -0.3 is 24.1 Å². The second-order valence-electron chi connectivity index (χ2n) is 18.4. The number of aliphatic hydroxyl groups excluding tert-OH is 1. The van der Waals surface area contributed by atoms with Crippen molar-refractivity contribution in [1.29, 1.82) is 0 Å². The summed E-state index contributed by atoms with van der Waals surface area (Å²) < 4.78 is 21.1. The van der Waals surface area contributed by atoms with E-state index < -0.39 is 12.6 Å². The summed E-state index contributed by atoms with van der Waals surface area (Å²) in [6.45, 7) is 9.60. The molecule has 8 atom stereocenters. The van der Waals surface area contributed by atoms with E-state index in [9.17, 15) is 24.0 Å². The van der Waals surface area contributed by atoms with Crippen LogP contribution < -0.4 is 0 Å². The van der Waals surface area contributed by atoms with Crippen molar-refractivity contribution in [2.75, 3.05) is 0 Å². The Labute approximate surface area is 437 Å². The van der Waals surface area contributed by atoms with Gasteiger partial charge in [0.1, 0.15) is 0 Å². The third kappa shape index (κ3) is 14.0. The second-order valence-corrected chi connectivity index (χ2v) is 18.4. The summed E-state index contributed by atoms with van der Waals surface area (Å²) in [5, 5.41) is 9.13. The van der Waals surface area contributed by atoms with Crippen LogP contribution in [0.15, 0.2) is 113 Å². The number of Topliss-reactive ketones (excluding diaryl/α,β-unsaturated/α-hetero) is 3. The Kier molecular flexibility index (Phi) is 21.8. The predicted octanol–water partition coefficient (Wildman–Crippen LogP) is 6.32. The summed E-state index contributed by atoms with van der Waals surface area (Å²) >= 11 is 0. The molecule has 11 rings (SSSR count). The van der Waals surface area contributed by atoms with Crippen molar-refractivity contribution in [2.45, 2.75) is 111 Å². The van der Waals surface area contributed by atoms with E-state index in [-0.39, 0.29) is 84.8 Å². The van der Waals surface area contributed by atoms with E-state index >= 15 is 0 Å². The first-order chi connectivity index (χ1) is 35.4. The number of hydrogen-bond acceptors (Lipinski definition) is 16. The van der Waals surface area contributed by atoms with Crippen LogP contribution in [-0.4, -0.2) is 88.0 Å². The van der Waals surface area contributed by atoms with Crippen LogP contribution in [0.5, 0.6) is 0 Å². The molecule has 0 saturated heterocycles. The minimum Gasteiger partial charge on any atom is -0.515 e. The first-order valence-electron chi connectivity index (χ1n) is 23.4. The fourth-order valence-electron chi connectivity index (χ4n) is 10.7. The number of aliphatic hydroxyl groups is 1. The smallest absolute Gasteiger partial charge is 0.373 e. The average molecular weight is 1020 g/mol. The number of allylic oxidation sites excluding steroid dienone is 3. The molecular formula is C56H54B3O16. The van der Waals surface area contributed by atoms with Gasteiger partial charge in [0, 0.05) is 99.6 Å². The van der Waals surface area contributed by atoms with Crippen LogP contribution in [0.1, 0.15) is 108 Å². The highest BCUT2D eigenvalue weighted by Crippen LogP contribution is 2.52. The summed E-state index contributed by atoms with van der Waals surface area (Å²) in [5.41, 5.74) is 14.7. The highest BCUT2D eigenvalue weighted by atomic mass is 16.7. The van der Waals surface area contributed by atoms with E-state index in [2.05, 4.69) is 90.8 Å². The minimum absolute atomic E-state index is 0. The van der Waals surface area contributed by atoms with Gasteiger partial charge in [-0.25, -0.2) is 9.59 Å². The van der Waals surface area contributed by atoms with Crippen LogP contribution in [0.25, 0.3) is 0 Å². The molecule has 3 fully saturated rings. The Morgan fingerprint density at radius 1 is 0.507 bits per heavy atom. The number of rotatable bonds is 4. The number of carbonyl (C=O) groups is 5. The molecule has 1 N–H and O–H groups in total. The van der Waals surface area contributed by atoms with Gasteiger partial charge in [-0.2, -0.15) is 28.8 Å². The molecule has 6 aliphatic carbocycles. The monoisotopic (exact) mass is 1020 g/mol. The third-order valence-corrected chi connectivity index (χ3v) is 13.9. The van der Waals surface area contributed by atoms with Crippen LogP contribution in [0, 0.1) is 38.5 Å². The van der Waals surface area contributed by atoms with Gasteiger partial charge in [-0.1, -0.05) is 78.7 Å². The Bertz CT molecular complexity index is 2790. The van der Waals surface area contributed by atoms with Gasteiger partial charge in [0.2, 0.25) is 0 Å². The largest absolute Gasteiger partial charge is 0.515 e. The van der Waals surface area contributed by atoms with E-state index in [1.807, 2.05) is 0 Å². The molecule has 8 aliphatic rings. The maximum atomic E-state index is 12.3. The standard InChI is InChI=1S/2C19H18O4.C14H14O2.3CO2.CH4.B3/c2*1-10-3-4-12-7-14-15(13(12)5-10)8-17(20)16(14)9-22-18-6-11(2)19(21)23-18;1-8-2-3-9-5-11-12(10(9)4-8)6-14(16)13(11)7-15;3*2-1-3;;1-3-2/h2*3-6,9,14-15,18H,7-8H2,1-2H3;2-4,7,11-12,15H,5-6H2,1H3;;;;1H4;/b2*16-9+;13-7+;;;;;/t14-,15+,18+;14-,15+,18-;;;;;;/m00....../s1. The van der Waals surface area contributed by atoms with Crippen LogP contribution in [0.3, 0.4) is 0 Å². The number of benzene rings is 3. The number of ether oxygens (including phenoxy) is 4. The number of esters is 2. The summed E-state index contributed by atoms with van der Waals surface area (Å²) in [7, 11) is 10.0. The lowest BCUT2D eigenvalue weighted by atomic mass is 9.40. The molecule has 2 heterocycles. The van der Waals surface area contributed by atoms with Crippen molar-refractivity contribution in [2.24, 2.45) is 17.8 Å². The van der Waals surface area contributed by atoms with Crippen molar-refractivity contribution in [3.63, 3.8) is 0 Å². The molecule has 3 saturated carbocycles. The quantitative estimate of drug-likeness (QED) is 0.130. The molecule has 75 heavy (non-hydrogen) atoms. The van der Waals surface area contributed by atoms with E-state index in [4.69, 9.17) is 52.8 Å². The number of cyclic esters (lactones) is 2. The Morgan fingerprint density at radius 2 is 0.787 bits per heavy atom. The molecule has 2 aliphatic heterocycles. The molecule has 3 aromatic rings. The molecule has 19 heteroatoms. The third-order valence-electron chi connectivity index (χ3n) is 13.9. The minimum atomic E-state index is -0.715. The van der Waals surface area contributed by atoms with E-state index in [0.29, 0.717) is 41.9 Å². The summed E-state index contributed by atoms with van der Waals surface area (Å²) in [4.78, 5) is 108.